The first-order valence-corrected chi connectivity index (χ1v) is 6.83. The second kappa shape index (κ2) is 8.10. The van der Waals surface area contributed by atoms with Crippen LogP contribution >= 0.6 is 0 Å². The van der Waals surface area contributed by atoms with Crippen LogP contribution in [0.5, 0.6) is 0 Å². The molecule has 0 heterocycles. The molecule has 0 saturated carbocycles. The molecule has 18 heavy (non-hydrogen) atoms. The van der Waals surface area contributed by atoms with Crippen molar-refractivity contribution in [2.24, 2.45) is 11.7 Å². The lowest BCUT2D eigenvalue weighted by molar-refractivity contribution is -0.132. The van der Waals surface area contributed by atoms with Crippen LogP contribution in [-0.2, 0) is 9.47 Å². The van der Waals surface area contributed by atoms with E-state index in [-0.39, 0.29) is 11.8 Å². The smallest absolute Gasteiger partial charge is 0.158 e. The molecule has 0 aliphatic carbocycles. The van der Waals surface area contributed by atoms with Crippen molar-refractivity contribution < 1.29 is 9.47 Å². The van der Waals surface area contributed by atoms with E-state index >= 15 is 0 Å². The number of rotatable bonds is 9. The van der Waals surface area contributed by atoms with Crippen molar-refractivity contribution in [3.63, 3.8) is 0 Å². The normalized spacial score (nSPS) is 16.0. The summed E-state index contributed by atoms with van der Waals surface area (Å²) in [5.74, 6) is 0.613. The Morgan fingerprint density at radius 1 is 1.11 bits per heavy atom. The van der Waals surface area contributed by atoms with Gasteiger partial charge in [-0.05, 0) is 26.7 Å². The van der Waals surface area contributed by atoms with Gasteiger partial charge in [-0.15, -0.1) is 0 Å². The summed E-state index contributed by atoms with van der Waals surface area (Å²) in [5.41, 5.74) is 5.92. The van der Waals surface area contributed by atoms with Crippen LogP contribution in [-0.4, -0.2) is 50.1 Å². The molecule has 0 rings (SSSR count). The quantitative estimate of drug-likeness (QED) is 0.645. The maximum Gasteiger partial charge on any atom is 0.158 e. The van der Waals surface area contributed by atoms with Crippen molar-refractivity contribution in [2.45, 2.75) is 58.9 Å². The van der Waals surface area contributed by atoms with E-state index in [2.05, 4.69) is 39.5 Å². The molecule has 0 spiro atoms. The minimum absolute atomic E-state index is 0.102. The average Bonchev–Trinajstić information content (AvgIpc) is 2.32. The van der Waals surface area contributed by atoms with Gasteiger partial charge in [0.25, 0.3) is 0 Å². The summed E-state index contributed by atoms with van der Waals surface area (Å²) in [6.45, 7) is 12.7. The van der Waals surface area contributed by atoms with E-state index in [1.165, 1.54) is 0 Å². The Kier molecular flexibility index (Phi) is 8.03. The number of hydrogen-bond acceptors (Lipinski definition) is 4. The molecule has 0 aliphatic rings. The van der Waals surface area contributed by atoms with Crippen LogP contribution in [0.4, 0.5) is 0 Å². The zero-order valence-corrected chi connectivity index (χ0v) is 13.2. The van der Waals surface area contributed by atoms with Gasteiger partial charge in [-0.2, -0.15) is 0 Å². The molecule has 4 nitrogen and oxygen atoms in total. The van der Waals surface area contributed by atoms with Crippen molar-refractivity contribution in [3.05, 3.63) is 0 Å². The third-order valence-corrected chi connectivity index (χ3v) is 3.45. The van der Waals surface area contributed by atoms with Crippen LogP contribution in [0.15, 0.2) is 0 Å². The molecule has 2 N–H and O–H groups in total. The van der Waals surface area contributed by atoms with Gasteiger partial charge in [0.1, 0.15) is 0 Å². The Balaban J connectivity index is 4.93. The first-order chi connectivity index (χ1) is 8.30. The summed E-state index contributed by atoms with van der Waals surface area (Å²) in [4.78, 5) is 2.46. The van der Waals surface area contributed by atoms with Crippen LogP contribution < -0.4 is 5.73 Å². The van der Waals surface area contributed by atoms with Gasteiger partial charge in [-0.1, -0.05) is 13.8 Å². The molecule has 0 aromatic rings. The van der Waals surface area contributed by atoms with Crippen LogP contribution in [0.25, 0.3) is 0 Å². The second-order valence-electron chi connectivity index (χ2n) is 5.95. The number of hydrogen-bond donors (Lipinski definition) is 1. The van der Waals surface area contributed by atoms with E-state index in [1.807, 2.05) is 0 Å². The lowest BCUT2D eigenvalue weighted by Gasteiger charge is -2.45. The highest BCUT2D eigenvalue weighted by Crippen LogP contribution is 2.25. The maximum absolute atomic E-state index is 6.03. The first kappa shape index (κ1) is 17.8. The SMILES string of the molecule is COC(CC(C)(CN)N(CC(C)C)C(C)C)OC. The molecule has 0 aromatic carbocycles. The minimum Gasteiger partial charge on any atom is -0.356 e. The first-order valence-electron chi connectivity index (χ1n) is 6.83. The standard InChI is InChI=1S/C14H32N2O2/c1-11(2)9-16(12(3)4)14(5,10-15)8-13(17-6)18-7/h11-13H,8-10,15H2,1-7H3. The Bertz CT molecular complexity index is 218. The Labute approximate surface area is 113 Å². The summed E-state index contributed by atoms with van der Waals surface area (Å²) >= 11 is 0. The van der Waals surface area contributed by atoms with E-state index in [1.54, 1.807) is 14.2 Å². The van der Waals surface area contributed by atoms with E-state index in [4.69, 9.17) is 15.2 Å². The third kappa shape index (κ3) is 5.22. The molecule has 0 aromatic heterocycles. The lowest BCUT2D eigenvalue weighted by Crippen LogP contribution is -2.57. The Hall–Kier alpha value is -0.160. The van der Waals surface area contributed by atoms with Gasteiger partial charge in [0.15, 0.2) is 6.29 Å². The number of nitrogens with two attached hydrogens (primary N) is 1. The highest BCUT2D eigenvalue weighted by atomic mass is 16.7. The molecule has 4 heteroatoms. The number of ether oxygens (including phenoxy) is 2. The topological polar surface area (TPSA) is 47.7 Å². The van der Waals surface area contributed by atoms with Gasteiger partial charge < -0.3 is 15.2 Å². The summed E-state index contributed by atoms with van der Waals surface area (Å²) in [6.07, 6.45) is 0.577. The van der Waals surface area contributed by atoms with Gasteiger partial charge in [0.2, 0.25) is 0 Å². The van der Waals surface area contributed by atoms with Gasteiger partial charge in [-0.3, -0.25) is 4.90 Å². The van der Waals surface area contributed by atoms with Crippen molar-refractivity contribution in [2.75, 3.05) is 27.3 Å². The van der Waals surface area contributed by atoms with E-state index < -0.39 is 0 Å². The Morgan fingerprint density at radius 3 is 1.89 bits per heavy atom. The molecule has 0 saturated heterocycles. The molecule has 1 unspecified atom stereocenters. The monoisotopic (exact) mass is 260 g/mol. The summed E-state index contributed by atoms with van der Waals surface area (Å²) < 4.78 is 10.7. The minimum atomic E-state index is -0.202. The fourth-order valence-corrected chi connectivity index (χ4v) is 2.39. The summed E-state index contributed by atoms with van der Waals surface area (Å²) in [7, 11) is 3.35. The van der Waals surface area contributed by atoms with Crippen molar-refractivity contribution in [1.29, 1.82) is 0 Å². The van der Waals surface area contributed by atoms with Crippen molar-refractivity contribution in [3.8, 4) is 0 Å². The number of nitrogens with zero attached hydrogens (tertiary/aromatic N) is 1. The van der Waals surface area contributed by atoms with E-state index in [0.717, 1.165) is 13.0 Å². The number of methoxy groups -OCH3 is 2. The van der Waals surface area contributed by atoms with Gasteiger partial charge in [0.05, 0.1) is 0 Å². The maximum atomic E-state index is 6.03. The van der Waals surface area contributed by atoms with Crippen LogP contribution in [0.1, 0.15) is 41.0 Å². The molecule has 0 radical (unpaired) electrons. The predicted octanol–water partition coefficient (Wildman–Crippen LogP) is 2.08. The largest absolute Gasteiger partial charge is 0.356 e. The van der Waals surface area contributed by atoms with Crippen LogP contribution in [0, 0.1) is 5.92 Å². The predicted molar refractivity (Wildman–Crippen MR) is 76.6 cm³/mol. The molecule has 0 amide bonds. The molecule has 1 atom stereocenters. The summed E-state index contributed by atoms with van der Waals surface area (Å²) in [5, 5.41) is 0. The average molecular weight is 260 g/mol. The van der Waals surface area contributed by atoms with Crippen molar-refractivity contribution in [1.82, 2.24) is 4.90 Å². The lowest BCUT2D eigenvalue weighted by atomic mass is 9.92. The highest BCUT2D eigenvalue weighted by molar-refractivity contribution is 4.90. The molecule has 110 valence electrons. The highest BCUT2D eigenvalue weighted by Gasteiger charge is 2.35. The van der Waals surface area contributed by atoms with Crippen LogP contribution in [0.2, 0.25) is 0 Å². The van der Waals surface area contributed by atoms with Gasteiger partial charge >= 0.3 is 0 Å². The second-order valence-corrected chi connectivity index (χ2v) is 5.95. The van der Waals surface area contributed by atoms with Gasteiger partial charge in [0, 0.05) is 45.3 Å². The Morgan fingerprint density at radius 2 is 1.61 bits per heavy atom. The van der Waals surface area contributed by atoms with E-state index in [9.17, 15) is 0 Å². The third-order valence-electron chi connectivity index (χ3n) is 3.45. The van der Waals surface area contributed by atoms with Crippen LogP contribution in [0.3, 0.4) is 0 Å². The zero-order chi connectivity index (χ0) is 14.3. The van der Waals surface area contributed by atoms with Gasteiger partial charge in [-0.25, -0.2) is 0 Å². The zero-order valence-electron chi connectivity index (χ0n) is 13.2. The molecular formula is C14H32N2O2. The fourth-order valence-electron chi connectivity index (χ4n) is 2.39. The molecule has 0 aliphatic heterocycles. The molecular weight excluding hydrogens is 228 g/mol. The van der Waals surface area contributed by atoms with Crippen molar-refractivity contribution >= 4 is 0 Å². The molecule has 0 fully saturated rings. The summed E-state index contributed by atoms with van der Waals surface area (Å²) in [6, 6.07) is 0.454. The fraction of sp³-hybridized carbons (Fsp3) is 1.00. The molecule has 0 bridgehead atoms. The van der Waals surface area contributed by atoms with E-state index in [0.29, 0.717) is 18.5 Å².